The molecule has 0 spiro atoms. The number of carbonyl (C=O) groups excluding carboxylic acids is 1. The lowest BCUT2D eigenvalue weighted by Gasteiger charge is -2.60. The van der Waals surface area contributed by atoms with Crippen LogP contribution in [-0.2, 0) is 4.79 Å². The number of benzene rings is 1. The Morgan fingerprint density at radius 1 is 0.971 bits per heavy atom. The Morgan fingerprint density at radius 3 is 2.38 bits per heavy atom. The van der Waals surface area contributed by atoms with Crippen LogP contribution in [0.2, 0.25) is 0 Å². The van der Waals surface area contributed by atoms with Crippen molar-refractivity contribution in [3.63, 3.8) is 0 Å². The second-order valence-electron chi connectivity index (χ2n) is 13.1. The molecule has 4 aliphatic rings. The Labute approximate surface area is 207 Å². The molecule has 0 bridgehead atoms. The van der Waals surface area contributed by atoms with Gasteiger partial charge < -0.3 is 4.74 Å². The predicted molar refractivity (Wildman–Crippen MR) is 139 cm³/mol. The monoisotopic (exact) mass is 462 g/mol. The molecular formula is C32H46O2. The van der Waals surface area contributed by atoms with Gasteiger partial charge in [0, 0.05) is 5.92 Å². The predicted octanol–water partition coefficient (Wildman–Crippen LogP) is 7.83. The Bertz CT molecular complexity index is 947. The van der Waals surface area contributed by atoms with E-state index in [0.29, 0.717) is 34.9 Å². The van der Waals surface area contributed by atoms with Gasteiger partial charge in [-0.05, 0) is 109 Å². The first-order chi connectivity index (χ1) is 16.1. The lowest BCUT2D eigenvalue weighted by atomic mass is 9.44. The molecule has 0 aromatic heterocycles. The van der Waals surface area contributed by atoms with Gasteiger partial charge in [-0.15, -0.1) is 0 Å². The minimum Gasteiger partial charge on any atom is -0.494 e. The fourth-order valence-corrected chi connectivity index (χ4v) is 9.91. The highest BCUT2D eigenvalue weighted by Gasteiger charge is 2.62. The summed E-state index contributed by atoms with van der Waals surface area (Å²) in [5, 5.41) is 0. The molecule has 0 amide bonds. The van der Waals surface area contributed by atoms with Gasteiger partial charge in [0.1, 0.15) is 5.75 Å². The van der Waals surface area contributed by atoms with E-state index in [-0.39, 0.29) is 5.92 Å². The highest BCUT2D eigenvalue weighted by atomic mass is 16.5. The summed E-state index contributed by atoms with van der Waals surface area (Å²) in [5.41, 5.74) is 3.07. The number of rotatable bonds is 4. The highest BCUT2D eigenvalue weighted by Crippen LogP contribution is 2.68. The van der Waals surface area contributed by atoms with E-state index in [4.69, 9.17) is 4.74 Å². The van der Waals surface area contributed by atoms with E-state index in [1.54, 1.807) is 5.57 Å². The maximum absolute atomic E-state index is 13.0. The normalized spacial score (nSPS) is 46.0. The number of fused-ring (bicyclic) bond motifs is 5. The summed E-state index contributed by atoms with van der Waals surface area (Å²) in [4.78, 5) is 13.0. The molecule has 1 aromatic carbocycles. The van der Waals surface area contributed by atoms with Crippen molar-refractivity contribution in [2.75, 3.05) is 6.61 Å². The molecule has 0 radical (unpaired) electrons. The average molecular weight is 463 g/mol. The van der Waals surface area contributed by atoms with E-state index in [0.717, 1.165) is 60.4 Å². The smallest absolute Gasteiger partial charge is 0.161 e. The third-order valence-corrected chi connectivity index (χ3v) is 11.4. The number of Topliss-reactive ketones (excluding diaryl/α,β-unsaturated/α-hetero) is 1. The SMILES string of the molecule is CC1=C2CC(C)C3C(C(C)CC4(C)C3CC(C)[C@@H]4CCOc3ccccc3)C2C(C)C(C)C1=O. The average Bonchev–Trinajstić information content (AvgIpc) is 3.06. The minimum atomic E-state index is 0.175. The van der Waals surface area contributed by atoms with Crippen LogP contribution in [0.3, 0.4) is 0 Å². The van der Waals surface area contributed by atoms with Gasteiger partial charge in [-0.25, -0.2) is 0 Å². The molecule has 186 valence electrons. The number of allylic oxidation sites excluding steroid dienone is 1. The van der Waals surface area contributed by atoms with Crippen molar-refractivity contribution in [1.29, 1.82) is 0 Å². The van der Waals surface area contributed by atoms with E-state index < -0.39 is 0 Å². The van der Waals surface area contributed by atoms with Crippen LogP contribution in [0.5, 0.6) is 5.75 Å². The molecule has 0 saturated heterocycles. The summed E-state index contributed by atoms with van der Waals surface area (Å²) >= 11 is 0. The zero-order chi connectivity index (χ0) is 24.4. The van der Waals surface area contributed by atoms with Crippen LogP contribution >= 0.6 is 0 Å². The van der Waals surface area contributed by atoms with E-state index in [2.05, 4.69) is 78.8 Å². The van der Waals surface area contributed by atoms with Gasteiger partial charge in [-0.3, -0.25) is 4.79 Å². The van der Waals surface area contributed by atoms with Crippen molar-refractivity contribution in [1.82, 2.24) is 0 Å². The molecule has 10 unspecified atom stereocenters. The van der Waals surface area contributed by atoms with Gasteiger partial charge in [-0.1, -0.05) is 65.3 Å². The van der Waals surface area contributed by atoms with Gasteiger partial charge in [0.25, 0.3) is 0 Å². The summed E-state index contributed by atoms with van der Waals surface area (Å²) in [5.74, 6) is 7.92. The van der Waals surface area contributed by atoms with Crippen molar-refractivity contribution in [2.24, 2.45) is 64.6 Å². The van der Waals surface area contributed by atoms with Crippen LogP contribution in [0.25, 0.3) is 0 Å². The maximum atomic E-state index is 13.0. The van der Waals surface area contributed by atoms with E-state index >= 15 is 0 Å². The quantitative estimate of drug-likeness (QED) is 0.456. The molecule has 1 aromatic rings. The third kappa shape index (κ3) is 3.61. The number of hydrogen-bond donors (Lipinski definition) is 0. The third-order valence-electron chi connectivity index (χ3n) is 11.4. The van der Waals surface area contributed by atoms with E-state index in [9.17, 15) is 4.79 Å². The summed E-state index contributed by atoms with van der Waals surface area (Å²) in [6, 6.07) is 10.3. The number of para-hydroxylation sites is 1. The van der Waals surface area contributed by atoms with Crippen LogP contribution in [0.4, 0.5) is 0 Å². The second-order valence-corrected chi connectivity index (χ2v) is 13.1. The zero-order valence-electron chi connectivity index (χ0n) is 22.5. The van der Waals surface area contributed by atoms with E-state index in [1.807, 2.05) is 0 Å². The molecule has 3 saturated carbocycles. The molecule has 0 heterocycles. The van der Waals surface area contributed by atoms with Gasteiger partial charge in [0.2, 0.25) is 0 Å². The van der Waals surface area contributed by atoms with Crippen molar-refractivity contribution in [2.45, 2.75) is 74.1 Å². The summed E-state index contributed by atoms with van der Waals surface area (Å²) in [7, 11) is 0. The Morgan fingerprint density at radius 2 is 1.68 bits per heavy atom. The van der Waals surface area contributed by atoms with Gasteiger partial charge in [0.15, 0.2) is 5.78 Å². The Hall–Kier alpha value is -1.57. The largest absolute Gasteiger partial charge is 0.494 e. The molecule has 11 atom stereocenters. The number of carbonyl (C=O) groups is 1. The second kappa shape index (κ2) is 8.82. The summed E-state index contributed by atoms with van der Waals surface area (Å²) in [6.07, 6.45) is 5.02. The fourth-order valence-electron chi connectivity index (χ4n) is 9.91. The lowest BCUT2D eigenvalue weighted by molar-refractivity contribution is -0.126. The molecule has 2 heteroatoms. The van der Waals surface area contributed by atoms with Gasteiger partial charge in [-0.2, -0.15) is 0 Å². The molecular weight excluding hydrogens is 416 g/mol. The molecule has 2 nitrogen and oxygen atoms in total. The van der Waals surface area contributed by atoms with Gasteiger partial charge >= 0.3 is 0 Å². The lowest BCUT2D eigenvalue weighted by Crippen LogP contribution is -2.55. The molecule has 0 aliphatic heterocycles. The van der Waals surface area contributed by atoms with Crippen molar-refractivity contribution >= 4 is 5.78 Å². The number of ether oxygens (including phenoxy) is 1. The highest BCUT2D eigenvalue weighted by molar-refractivity contribution is 5.98. The summed E-state index contributed by atoms with van der Waals surface area (Å²) in [6.45, 7) is 17.8. The van der Waals surface area contributed by atoms with Crippen molar-refractivity contribution in [3.8, 4) is 5.75 Å². The first kappa shape index (κ1) is 24.1. The molecule has 0 N–H and O–H groups in total. The first-order valence-electron chi connectivity index (χ1n) is 14.1. The Kier molecular flexibility index (Phi) is 6.26. The first-order valence-corrected chi connectivity index (χ1v) is 14.1. The zero-order valence-corrected chi connectivity index (χ0v) is 22.5. The maximum Gasteiger partial charge on any atom is 0.161 e. The van der Waals surface area contributed by atoms with Crippen molar-refractivity contribution < 1.29 is 9.53 Å². The van der Waals surface area contributed by atoms with E-state index in [1.165, 1.54) is 12.8 Å². The molecule has 4 aliphatic carbocycles. The Balaban J connectivity index is 1.41. The molecule has 34 heavy (non-hydrogen) atoms. The standard InChI is InChI=1S/C32H46O2/c1-18-16-27-28-19(2)15-25-23(6)31(33)22(5)21(4)30(25)29(28)20(3)17-32(27,7)26(18)13-14-34-24-11-9-8-10-12-24/h8-12,18-22,26-30H,13-17H2,1-7H3/t18?,19?,20?,21?,22?,26-,27?,28?,29?,30?,32?/m0/s1. The van der Waals surface area contributed by atoms with Crippen LogP contribution in [0.15, 0.2) is 41.5 Å². The van der Waals surface area contributed by atoms with Crippen molar-refractivity contribution in [3.05, 3.63) is 41.5 Å². The topological polar surface area (TPSA) is 26.3 Å². The van der Waals surface area contributed by atoms with Gasteiger partial charge in [0.05, 0.1) is 6.61 Å². The van der Waals surface area contributed by atoms with Crippen LogP contribution in [0, 0.1) is 64.6 Å². The number of ketones is 1. The molecule has 5 rings (SSSR count). The summed E-state index contributed by atoms with van der Waals surface area (Å²) < 4.78 is 6.18. The van der Waals surface area contributed by atoms with Crippen LogP contribution in [-0.4, -0.2) is 12.4 Å². The fraction of sp³-hybridized carbons (Fsp3) is 0.719. The number of hydrogen-bond acceptors (Lipinski definition) is 2. The van der Waals surface area contributed by atoms with Crippen LogP contribution in [0.1, 0.15) is 74.1 Å². The minimum absolute atomic E-state index is 0.175. The molecule has 3 fully saturated rings. The van der Waals surface area contributed by atoms with Crippen LogP contribution < -0.4 is 4.74 Å².